The second-order valence-corrected chi connectivity index (χ2v) is 10.1. The molecule has 3 heterocycles. The first-order chi connectivity index (χ1) is 20.0. The van der Waals surface area contributed by atoms with Gasteiger partial charge in [0.1, 0.15) is 5.82 Å². The second-order valence-electron chi connectivity index (χ2n) is 10.1. The Hall–Kier alpha value is -4.40. The molecule has 0 saturated carbocycles. The van der Waals surface area contributed by atoms with Gasteiger partial charge in [-0.2, -0.15) is 18.3 Å². The smallest absolute Gasteiger partial charge is 0.416 e. The molecule has 0 spiro atoms. The summed E-state index contributed by atoms with van der Waals surface area (Å²) < 4.78 is 47.7. The zero-order valence-corrected chi connectivity index (χ0v) is 23.6. The van der Waals surface area contributed by atoms with E-state index in [2.05, 4.69) is 20.7 Å². The van der Waals surface area contributed by atoms with Crippen molar-refractivity contribution in [3.05, 3.63) is 53.5 Å². The fourth-order valence-corrected chi connectivity index (χ4v) is 4.38. The van der Waals surface area contributed by atoms with E-state index in [-0.39, 0.29) is 49.6 Å². The van der Waals surface area contributed by atoms with Crippen LogP contribution in [0.2, 0.25) is 0 Å². The molecule has 3 aromatic rings. The number of imidazole rings is 1. The number of aromatic nitrogens is 4. The lowest BCUT2D eigenvalue weighted by atomic mass is 10.1. The average molecular weight is 591 g/mol. The lowest BCUT2D eigenvalue weighted by molar-refractivity contribution is -0.137. The van der Waals surface area contributed by atoms with Gasteiger partial charge in [0.25, 0.3) is 5.91 Å². The van der Waals surface area contributed by atoms with Crippen molar-refractivity contribution < 1.29 is 32.3 Å². The molecule has 15 heteroatoms. The van der Waals surface area contributed by atoms with Crippen LogP contribution in [0.4, 0.5) is 23.8 Å². The van der Waals surface area contributed by atoms with Crippen LogP contribution >= 0.6 is 0 Å². The number of Topliss-reactive ketones (excluding diaryl/α,β-unsaturated/α-hetero) is 1. The number of alkyl halides is 3. The van der Waals surface area contributed by atoms with Crippen LogP contribution in [0.1, 0.15) is 41.4 Å². The summed E-state index contributed by atoms with van der Waals surface area (Å²) in [6, 6.07) is 4.95. The van der Waals surface area contributed by atoms with E-state index < -0.39 is 23.7 Å². The van der Waals surface area contributed by atoms with Gasteiger partial charge < -0.3 is 25.2 Å². The lowest BCUT2D eigenvalue weighted by Gasteiger charge is -2.27. The summed E-state index contributed by atoms with van der Waals surface area (Å²) in [5.41, 5.74) is 0.177. The largest absolute Gasteiger partial charge is 0.428 e. The maximum absolute atomic E-state index is 13.5. The van der Waals surface area contributed by atoms with E-state index in [1.165, 1.54) is 26.4 Å². The number of nitrogens with one attached hydrogen (secondary N) is 2. The molecule has 1 aliphatic heterocycles. The zero-order valence-electron chi connectivity index (χ0n) is 23.6. The average Bonchev–Trinajstić information content (AvgIpc) is 3.53. The molecule has 2 N–H and O–H groups in total. The second kappa shape index (κ2) is 13.1. The number of carbonyl (C=O) groups excluding carboxylic acids is 3. The van der Waals surface area contributed by atoms with E-state index in [4.69, 9.17) is 4.74 Å². The van der Waals surface area contributed by atoms with Gasteiger partial charge in [-0.3, -0.25) is 18.8 Å². The van der Waals surface area contributed by atoms with Crippen LogP contribution in [-0.4, -0.2) is 87.3 Å². The number of amides is 2. The highest BCUT2D eigenvalue weighted by atomic mass is 19.4. The van der Waals surface area contributed by atoms with Crippen molar-refractivity contribution in [1.29, 1.82) is 0 Å². The van der Waals surface area contributed by atoms with Crippen LogP contribution in [-0.2, 0) is 29.0 Å². The normalized spacial score (nSPS) is 13.2. The molecule has 0 radical (unpaired) electrons. The van der Waals surface area contributed by atoms with Gasteiger partial charge in [-0.25, -0.2) is 9.78 Å². The summed E-state index contributed by atoms with van der Waals surface area (Å²) in [4.78, 5) is 45.9. The molecule has 0 fully saturated rings. The number of fused-ring (bicyclic) bond motifs is 1. The van der Waals surface area contributed by atoms with Crippen LogP contribution in [0.25, 0.3) is 11.4 Å². The Morgan fingerprint density at radius 3 is 2.74 bits per heavy atom. The highest BCUT2D eigenvalue weighted by molar-refractivity contribution is 6.01. The highest BCUT2D eigenvalue weighted by Crippen LogP contribution is 2.31. The Morgan fingerprint density at radius 1 is 1.24 bits per heavy atom. The molecule has 4 rings (SSSR count). The number of halogens is 3. The first-order valence-corrected chi connectivity index (χ1v) is 13.4. The molecule has 2 amide bonds. The lowest BCUT2D eigenvalue weighted by Crippen LogP contribution is -2.43. The van der Waals surface area contributed by atoms with Crippen molar-refractivity contribution in [3.8, 4) is 11.4 Å². The number of benzene rings is 1. The van der Waals surface area contributed by atoms with Crippen molar-refractivity contribution in [2.24, 2.45) is 0 Å². The Morgan fingerprint density at radius 2 is 2.02 bits per heavy atom. The van der Waals surface area contributed by atoms with Crippen molar-refractivity contribution >= 4 is 23.6 Å². The maximum atomic E-state index is 13.5. The van der Waals surface area contributed by atoms with E-state index in [9.17, 15) is 27.6 Å². The number of rotatable bonds is 12. The minimum Gasteiger partial charge on any atom is -0.428 e. The van der Waals surface area contributed by atoms with Gasteiger partial charge in [0, 0.05) is 25.7 Å². The van der Waals surface area contributed by atoms with Gasteiger partial charge in [0.05, 0.1) is 37.1 Å². The number of ether oxygens (including phenoxy) is 1. The number of alkyl carbamates (subject to hydrolysis) is 1. The van der Waals surface area contributed by atoms with Crippen molar-refractivity contribution in [2.45, 2.75) is 39.2 Å². The number of hydrogen-bond acceptors (Lipinski definition) is 8. The third kappa shape index (κ3) is 7.46. The minimum absolute atomic E-state index is 0.0552. The quantitative estimate of drug-likeness (QED) is 0.329. The number of anilines is 1. The molecule has 0 unspecified atom stereocenters. The third-order valence-corrected chi connectivity index (χ3v) is 6.43. The predicted molar refractivity (Wildman–Crippen MR) is 146 cm³/mol. The van der Waals surface area contributed by atoms with Crippen molar-refractivity contribution in [3.63, 3.8) is 0 Å². The van der Waals surface area contributed by atoms with Crippen LogP contribution in [0.3, 0.4) is 0 Å². The van der Waals surface area contributed by atoms with Crippen LogP contribution < -0.4 is 10.6 Å². The van der Waals surface area contributed by atoms with Gasteiger partial charge in [0.2, 0.25) is 0 Å². The number of nitrogens with zero attached hydrogens (tertiary/aromatic N) is 6. The maximum Gasteiger partial charge on any atom is 0.416 e. The highest BCUT2D eigenvalue weighted by Gasteiger charge is 2.33. The van der Waals surface area contributed by atoms with E-state index in [0.717, 1.165) is 12.1 Å². The van der Waals surface area contributed by atoms with Crippen LogP contribution in [0.15, 0.2) is 36.7 Å². The molecule has 0 aliphatic carbocycles. The van der Waals surface area contributed by atoms with Crippen LogP contribution in [0.5, 0.6) is 0 Å². The summed E-state index contributed by atoms with van der Waals surface area (Å²) in [7, 11) is 3.72. The fourth-order valence-electron chi connectivity index (χ4n) is 4.38. The summed E-state index contributed by atoms with van der Waals surface area (Å²) in [6.07, 6.45) is -1.14. The summed E-state index contributed by atoms with van der Waals surface area (Å²) in [5.74, 6) is -0.0508. The van der Waals surface area contributed by atoms with Gasteiger partial charge in [-0.05, 0) is 38.2 Å². The van der Waals surface area contributed by atoms with E-state index in [0.29, 0.717) is 37.1 Å². The molecule has 12 nitrogen and oxygen atoms in total. The van der Waals surface area contributed by atoms with Crippen molar-refractivity contribution in [2.75, 3.05) is 45.7 Å². The predicted octanol–water partition coefficient (Wildman–Crippen LogP) is 3.25. The van der Waals surface area contributed by atoms with Gasteiger partial charge in [-0.15, -0.1) is 0 Å². The van der Waals surface area contributed by atoms with Crippen LogP contribution in [0, 0.1) is 0 Å². The molecular formula is C27H33F3N8O4. The monoisotopic (exact) mass is 590 g/mol. The number of likely N-dealkylation sites (N-methyl/N-ethyl adjacent to an activating group) is 1. The molecule has 1 aliphatic rings. The molecule has 0 bridgehead atoms. The van der Waals surface area contributed by atoms with E-state index in [1.807, 2.05) is 25.9 Å². The zero-order chi connectivity index (χ0) is 30.4. The summed E-state index contributed by atoms with van der Waals surface area (Å²) >= 11 is 0. The van der Waals surface area contributed by atoms with Gasteiger partial charge in [0.15, 0.2) is 24.0 Å². The molecule has 42 heavy (non-hydrogen) atoms. The Labute approximate surface area is 240 Å². The Kier molecular flexibility index (Phi) is 9.50. The molecule has 0 saturated heterocycles. The van der Waals surface area contributed by atoms with Gasteiger partial charge >= 0.3 is 12.3 Å². The topological polar surface area (TPSA) is 127 Å². The summed E-state index contributed by atoms with van der Waals surface area (Å²) in [5, 5.41) is 9.95. The molecule has 2 aromatic heterocycles. The first-order valence-electron chi connectivity index (χ1n) is 13.4. The van der Waals surface area contributed by atoms with E-state index >= 15 is 0 Å². The fraction of sp³-hybridized carbons (Fsp3) is 0.444. The molecular weight excluding hydrogens is 557 g/mol. The third-order valence-electron chi connectivity index (χ3n) is 6.43. The minimum atomic E-state index is -4.47. The number of carbonyl (C=O) groups is 3. The molecule has 1 aromatic carbocycles. The Bertz CT molecular complexity index is 1430. The Balaban J connectivity index is 1.60. The molecule has 0 atom stereocenters. The standard InChI is InChI=1S/C27H33F3N8O4/c1-4-6-21(39)15-36-16-32-23-22(25(36)40)38(17-42-26(41)31-9-10-35(2)3)24(34-23)19-12-33-37(14-19)13-18-7-5-8-20(11-18)27(28,29)30/h5,7-8,11-12,14,32H,4,6,9-10,13,15-17H2,1-3H3,(H,31,41). The van der Waals surface area contributed by atoms with E-state index in [1.54, 1.807) is 12.3 Å². The first kappa shape index (κ1) is 30.6. The van der Waals surface area contributed by atoms with Crippen molar-refractivity contribution in [1.82, 2.24) is 34.4 Å². The van der Waals surface area contributed by atoms with Gasteiger partial charge in [-0.1, -0.05) is 19.1 Å². The number of ketones is 1. The number of hydrogen-bond donors (Lipinski definition) is 2. The molecule has 226 valence electrons. The summed E-state index contributed by atoms with van der Waals surface area (Å²) in [6.45, 7) is 2.49. The SMILES string of the molecule is CCCC(=O)CN1CNc2nc(-c3cnn(Cc4cccc(C(F)(F)F)c4)c3)n(COC(=O)NCCN(C)C)c2C1=O.